The van der Waals surface area contributed by atoms with Gasteiger partial charge < -0.3 is 4.74 Å². The molecule has 2 rings (SSSR count). The van der Waals surface area contributed by atoms with Crippen LogP contribution in [0, 0.1) is 0 Å². The van der Waals surface area contributed by atoms with E-state index in [1.807, 2.05) is 6.92 Å². The first kappa shape index (κ1) is 27.2. The van der Waals surface area contributed by atoms with Gasteiger partial charge in [-0.3, -0.25) is 0 Å². The van der Waals surface area contributed by atoms with E-state index < -0.39 is 12.3 Å². The molecule has 0 aliphatic rings. The summed E-state index contributed by atoms with van der Waals surface area (Å²) in [7, 11) is 0. The quantitative estimate of drug-likeness (QED) is 0.209. The molecular weight excluding hydrogens is 418 g/mol. The SMILES string of the molecule is CCCCCCCCCc1ccc(-c2ncc(OCC(F)CCCC(F)CCC)cn2)cc1. The van der Waals surface area contributed by atoms with Gasteiger partial charge in [0.05, 0.1) is 12.4 Å². The first-order valence-corrected chi connectivity index (χ1v) is 12.9. The Bertz CT molecular complexity index is 737. The largest absolute Gasteiger partial charge is 0.487 e. The lowest BCUT2D eigenvalue weighted by Crippen LogP contribution is -2.14. The van der Waals surface area contributed by atoms with Crippen molar-refractivity contribution in [1.29, 1.82) is 0 Å². The summed E-state index contributed by atoms with van der Waals surface area (Å²) in [4.78, 5) is 8.73. The van der Waals surface area contributed by atoms with Crippen LogP contribution in [0.25, 0.3) is 11.4 Å². The van der Waals surface area contributed by atoms with Gasteiger partial charge in [-0.2, -0.15) is 0 Å². The van der Waals surface area contributed by atoms with Crippen molar-refractivity contribution in [2.45, 2.75) is 110 Å². The molecule has 2 unspecified atom stereocenters. The van der Waals surface area contributed by atoms with Gasteiger partial charge in [-0.05, 0) is 44.1 Å². The van der Waals surface area contributed by atoms with Gasteiger partial charge in [0.1, 0.15) is 19.0 Å². The van der Waals surface area contributed by atoms with E-state index in [0.29, 0.717) is 37.3 Å². The van der Waals surface area contributed by atoms with Crippen LogP contribution in [0.2, 0.25) is 0 Å². The van der Waals surface area contributed by atoms with Crippen LogP contribution in [0.4, 0.5) is 8.78 Å². The number of alkyl halides is 2. The highest BCUT2D eigenvalue weighted by molar-refractivity contribution is 5.55. The number of aryl methyl sites for hydroxylation is 1. The van der Waals surface area contributed by atoms with Gasteiger partial charge in [-0.15, -0.1) is 0 Å². The second-order valence-electron chi connectivity index (χ2n) is 9.04. The molecule has 1 aromatic heterocycles. The zero-order chi connectivity index (χ0) is 23.7. The van der Waals surface area contributed by atoms with Crippen LogP contribution < -0.4 is 4.74 Å². The first-order chi connectivity index (χ1) is 16.1. The summed E-state index contributed by atoms with van der Waals surface area (Å²) in [5.41, 5.74) is 2.30. The summed E-state index contributed by atoms with van der Waals surface area (Å²) in [6, 6.07) is 8.41. The average molecular weight is 461 g/mol. The second kappa shape index (κ2) is 16.6. The highest BCUT2D eigenvalue weighted by atomic mass is 19.1. The Morgan fingerprint density at radius 3 is 2.03 bits per heavy atom. The predicted molar refractivity (Wildman–Crippen MR) is 133 cm³/mol. The summed E-state index contributed by atoms with van der Waals surface area (Å²) in [6.07, 6.45) is 14.2. The molecule has 0 fully saturated rings. The van der Waals surface area contributed by atoms with Gasteiger partial charge in [0.2, 0.25) is 0 Å². The molecule has 0 amide bonds. The molecule has 0 saturated heterocycles. The number of rotatable bonds is 18. The monoisotopic (exact) mass is 460 g/mol. The van der Waals surface area contributed by atoms with Gasteiger partial charge in [0, 0.05) is 5.56 Å². The van der Waals surface area contributed by atoms with E-state index in [0.717, 1.165) is 18.4 Å². The van der Waals surface area contributed by atoms with E-state index >= 15 is 0 Å². The third-order valence-electron chi connectivity index (χ3n) is 5.98. The number of benzene rings is 1. The molecule has 1 heterocycles. The number of halogens is 2. The zero-order valence-electron chi connectivity index (χ0n) is 20.6. The molecule has 0 radical (unpaired) electrons. The Kier molecular flexibility index (Phi) is 13.6. The van der Waals surface area contributed by atoms with Gasteiger partial charge in [-0.25, -0.2) is 18.7 Å². The van der Waals surface area contributed by atoms with E-state index in [2.05, 4.69) is 41.2 Å². The van der Waals surface area contributed by atoms with Gasteiger partial charge >= 0.3 is 0 Å². The van der Waals surface area contributed by atoms with Crippen molar-refractivity contribution < 1.29 is 13.5 Å². The molecule has 33 heavy (non-hydrogen) atoms. The molecule has 0 aliphatic carbocycles. The Morgan fingerprint density at radius 1 is 0.727 bits per heavy atom. The number of hydrogen-bond donors (Lipinski definition) is 0. The normalized spacial score (nSPS) is 13.1. The summed E-state index contributed by atoms with van der Waals surface area (Å²) in [6.45, 7) is 4.15. The van der Waals surface area contributed by atoms with Crippen LogP contribution in [0.1, 0.15) is 96.5 Å². The zero-order valence-corrected chi connectivity index (χ0v) is 20.6. The summed E-state index contributed by atoms with van der Waals surface area (Å²) in [5, 5.41) is 0. The molecule has 5 heteroatoms. The van der Waals surface area contributed by atoms with Crippen molar-refractivity contribution in [1.82, 2.24) is 9.97 Å². The molecule has 0 spiro atoms. The Labute approximate surface area is 199 Å². The van der Waals surface area contributed by atoms with Crippen molar-refractivity contribution >= 4 is 0 Å². The maximum atomic E-state index is 14.0. The maximum Gasteiger partial charge on any atom is 0.159 e. The second-order valence-corrected chi connectivity index (χ2v) is 9.04. The molecule has 2 atom stereocenters. The van der Waals surface area contributed by atoms with Crippen LogP contribution in [0.15, 0.2) is 36.7 Å². The molecule has 0 bridgehead atoms. The smallest absolute Gasteiger partial charge is 0.159 e. The standard InChI is InChI=1S/C28H42F2N2O/c1-3-5-6-7-8-9-10-13-23-16-18-24(19-17-23)28-31-20-27(21-32-28)33-22-26(30)15-11-14-25(29)12-4-2/h16-21,25-26H,3-15,22H2,1-2H3. The lowest BCUT2D eigenvalue weighted by atomic mass is 10.0. The van der Waals surface area contributed by atoms with Gasteiger partial charge in [0.25, 0.3) is 0 Å². The predicted octanol–water partition coefficient (Wildman–Crippen LogP) is 8.46. The van der Waals surface area contributed by atoms with E-state index in [4.69, 9.17) is 4.74 Å². The van der Waals surface area contributed by atoms with Crippen molar-refractivity contribution in [2.24, 2.45) is 0 Å². The molecule has 0 aliphatic heterocycles. The average Bonchev–Trinajstić information content (AvgIpc) is 2.83. The Balaban J connectivity index is 1.68. The van der Waals surface area contributed by atoms with Gasteiger partial charge in [0.15, 0.2) is 11.6 Å². The molecular formula is C28H42F2N2O. The lowest BCUT2D eigenvalue weighted by molar-refractivity contribution is 0.177. The molecule has 3 nitrogen and oxygen atoms in total. The minimum atomic E-state index is -1.11. The third kappa shape index (κ3) is 11.6. The number of ether oxygens (including phenoxy) is 1. The van der Waals surface area contributed by atoms with Crippen molar-refractivity contribution in [3.05, 3.63) is 42.2 Å². The minimum absolute atomic E-state index is 0.0548. The lowest BCUT2D eigenvalue weighted by Gasteiger charge is -2.11. The highest BCUT2D eigenvalue weighted by Crippen LogP contribution is 2.19. The van der Waals surface area contributed by atoms with Crippen LogP contribution in [-0.2, 0) is 6.42 Å². The summed E-state index contributed by atoms with van der Waals surface area (Å²) < 4.78 is 32.9. The van der Waals surface area contributed by atoms with E-state index in [1.54, 1.807) is 12.4 Å². The van der Waals surface area contributed by atoms with Crippen molar-refractivity contribution in [2.75, 3.05) is 6.61 Å². The topological polar surface area (TPSA) is 35.0 Å². The van der Waals surface area contributed by atoms with Gasteiger partial charge in [-0.1, -0.05) is 83.1 Å². The molecule has 184 valence electrons. The number of unbranched alkanes of at least 4 members (excludes halogenated alkanes) is 6. The first-order valence-electron chi connectivity index (χ1n) is 12.9. The fourth-order valence-corrected chi connectivity index (χ4v) is 3.93. The Hall–Kier alpha value is -2.04. The number of nitrogens with zero attached hydrogens (tertiary/aromatic N) is 2. The van der Waals surface area contributed by atoms with Crippen LogP contribution in [-0.4, -0.2) is 28.9 Å². The van der Waals surface area contributed by atoms with E-state index in [-0.39, 0.29) is 6.61 Å². The number of aromatic nitrogens is 2. The fraction of sp³-hybridized carbons (Fsp3) is 0.643. The van der Waals surface area contributed by atoms with Crippen LogP contribution in [0.5, 0.6) is 5.75 Å². The van der Waals surface area contributed by atoms with Crippen molar-refractivity contribution in [3.63, 3.8) is 0 Å². The molecule has 2 aromatic rings. The minimum Gasteiger partial charge on any atom is -0.487 e. The number of hydrogen-bond acceptors (Lipinski definition) is 3. The van der Waals surface area contributed by atoms with Crippen LogP contribution >= 0.6 is 0 Å². The summed E-state index contributed by atoms with van der Waals surface area (Å²) in [5.74, 6) is 1.08. The molecule has 0 saturated carbocycles. The van der Waals surface area contributed by atoms with E-state index in [9.17, 15) is 8.78 Å². The third-order valence-corrected chi connectivity index (χ3v) is 5.98. The maximum absolute atomic E-state index is 14.0. The fourth-order valence-electron chi connectivity index (χ4n) is 3.93. The summed E-state index contributed by atoms with van der Waals surface area (Å²) >= 11 is 0. The van der Waals surface area contributed by atoms with E-state index in [1.165, 1.54) is 50.5 Å². The highest BCUT2D eigenvalue weighted by Gasteiger charge is 2.11. The molecule has 1 aromatic carbocycles. The van der Waals surface area contributed by atoms with Crippen molar-refractivity contribution in [3.8, 4) is 17.1 Å². The van der Waals surface area contributed by atoms with Crippen LogP contribution in [0.3, 0.4) is 0 Å². The Morgan fingerprint density at radius 2 is 1.36 bits per heavy atom. The molecule has 0 N–H and O–H groups in total.